The average Bonchev–Trinajstić information content (AvgIpc) is 2.74. The SMILES string of the molecule is COc1cccc(CC(=O)N2C[C@H]3C[C@@H](C2)[C@H](CO)N2CCCC[C@@H]32)c1.O=CO. The number of methoxy groups -OCH3 is 1. The van der Waals surface area contributed by atoms with Crippen molar-refractivity contribution >= 4 is 12.4 Å². The monoisotopic (exact) mass is 404 g/mol. The Balaban J connectivity index is 0.000000755. The Bertz CT molecular complexity index is 684. The van der Waals surface area contributed by atoms with Crippen LogP contribution in [0.3, 0.4) is 0 Å². The Kier molecular flexibility index (Phi) is 7.50. The molecule has 3 aliphatic heterocycles. The molecule has 0 spiro atoms. The number of aliphatic hydroxyl groups excluding tert-OH is 1. The number of rotatable bonds is 4. The van der Waals surface area contributed by atoms with Crippen LogP contribution in [0.1, 0.15) is 31.2 Å². The lowest BCUT2D eigenvalue weighted by molar-refractivity contribution is -0.141. The number of carbonyl (C=O) groups is 2. The summed E-state index contributed by atoms with van der Waals surface area (Å²) in [4.78, 5) is 25.9. The molecule has 3 fully saturated rings. The number of carboxylic acid groups (broad SMARTS) is 1. The van der Waals surface area contributed by atoms with Gasteiger partial charge in [0.05, 0.1) is 20.1 Å². The molecule has 1 aromatic rings. The molecule has 2 bridgehead atoms. The number of fused-ring (bicyclic) bond motifs is 4. The summed E-state index contributed by atoms with van der Waals surface area (Å²) >= 11 is 0. The third-order valence-electron chi connectivity index (χ3n) is 6.65. The van der Waals surface area contributed by atoms with Crippen LogP contribution < -0.4 is 4.74 Å². The maximum absolute atomic E-state index is 13.0. The molecule has 7 nitrogen and oxygen atoms in total. The number of piperidine rings is 3. The van der Waals surface area contributed by atoms with Gasteiger partial charge in [0.1, 0.15) is 5.75 Å². The molecular formula is C22H32N2O5. The van der Waals surface area contributed by atoms with E-state index in [0.717, 1.165) is 37.4 Å². The highest BCUT2D eigenvalue weighted by Gasteiger charge is 2.47. The van der Waals surface area contributed by atoms with Crippen molar-refractivity contribution in [3.05, 3.63) is 29.8 Å². The molecule has 1 aromatic carbocycles. The molecule has 3 saturated heterocycles. The lowest BCUT2D eigenvalue weighted by atomic mass is 9.72. The minimum atomic E-state index is -0.250. The smallest absolute Gasteiger partial charge is 0.290 e. The lowest BCUT2D eigenvalue weighted by Gasteiger charge is -2.56. The van der Waals surface area contributed by atoms with E-state index in [1.165, 1.54) is 19.3 Å². The molecular weight excluding hydrogens is 372 g/mol. The van der Waals surface area contributed by atoms with Gasteiger partial charge in [0, 0.05) is 25.2 Å². The summed E-state index contributed by atoms with van der Waals surface area (Å²) in [5, 5.41) is 16.9. The van der Waals surface area contributed by atoms with Crippen LogP contribution in [-0.2, 0) is 16.0 Å². The zero-order valence-corrected chi connectivity index (χ0v) is 17.1. The first kappa shape index (κ1) is 21.6. The highest BCUT2D eigenvalue weighted by molar-refractivity contribution is 5.79. The average molecular weight is 405 g/mol. The second-order valence-corrected chi connectivity index (χ2v) is 8.24. The maximum Gasteiger partial charge on any atom is 0.290 e. The van der Waals surface area contributed by atoms with Gasteiger partial charge in [-0.05, 0) is 55.3 Å². The topological polar surface area (TPSA) is 90.3 Å². The summed E-state index contributed by atoms with van der Waals surface area (Å²) < 4.78 is 5.27. The van der Waals surface area contributed by atoms with Gasteiger partial charge in [-0.2, -0.15) is 0 Å². The first-order valence-electron chi connectivity index (χ1n) is 10.5. The van der Waals surface area contributed by atoms with Gasteiger partial charge in [-0.15, -0.1) is 0 Å². The summed E-state index contributed by atoms with van der Waals surface area (Å²) in [5.74, 6) is 1.96. The fourth-order valence-corrected chi connectivity index (χ4v) is 5.43. The second kappa shape index (κ2) is 10.1. The first-order valence-corrected chi connectivity index (χ1v) is 10.5. The van der Waals surface area contributed by atoms with E-state index in [1.54, 1.807) is 7.11 Å². The van der Waals surface area contributed by atoms with Gasteiger partial charge in [-0.1, -0.05) is 18.6 Å². The van der Waals surface area contributed by atoms with Crippen molar-refractivity contribution in [1.82, 2.24) is 9.80 Å². The number of hydrogen-bond donors (Lipinski definition) is 2. The van der Waals surface area contributed by atoms with Crippen LogP contribution in [0.5, 0.6) is 5.75 Å². The van der Waals surface area contributed by atoms with Gasteiger partial charge in [0.25, 0.3) is 6.47 Å². The first-order chi connectivity index (χ1) is 14.1. The minimum absolute atomic E-state index is 0.203. The van der Waals surface area contributed by atoms with Crippen LogP contribution in [0.4, 0.5) is 0 Å². The third-order valence-corrected chi connectivity index (χ3v) is 6.65. The number of nitrogens with zero attached hydrogens (tertiary/aromatic N) is 2. The fourth-order valence-electron chi connectivity index (χ4n) is 5.43. The predicted molar refractivity (Wildman–Crippen MR) is 109 cm³/mol. The van der Waals surface area contributed by atoms with Crippen LogP contribution in [0.2, 0.25) is 0 Å². The number of hydrogen-bond acceptors (Lipinski definition) is 5. The molecule has 2 N–H and O–H groups in total. The molecule has 0 aromatic heterocycles. The Morgan fingerprint density at radius 2 is 2.03 bits per heavy atom. The van der Waals surface area contributed by atoms with Gasteiger partial charge in [0.2, 0.25) is 5.91 Å². The molecule has 3 aliphatic rings. The van der Waals surface area contributed by atoms with Crippen molar-refractivity contribution in [3.8, 4) is 5.75 Å². The van der Waals surface area contributed by atoms with Gasteiger partial charge in [-0.3, -0.25) is 14.5 Å². The Morgan fingerprint density at radius 1 is 1.28 bits per heavy atom. The number of carbonyl (C=O) groups excluding carboxylic acids is 1. The Morgan fingerprint density at radius 3 is 2.76 bits per heavy atom. The standard InChI is InChI=1S/C21H30N2O3.CH2O2/c1-26-18-6-4-5-15(9-18)10-21(25)22-12-16-11-17(13-22)20(14-24)23-8-3-2-7-19(16)23;2-1-3/h4-6,9,16-17,19-20,24H,2-3,7-8,10-14H2,1H3;1H,(H,2,3)/t16-,17+,19+,20+;/m1./s1. The summed E-state index contributed by atoms with van der Waals surface area (Å²) in [6.07, 6.45) is 5.32. The molecule has 29 heavy (non-hydrogen) atoms. The van der Waals surface area contributed by atoms with Crippen LogP contribution in [-0.4, -0.2) is 77.8 Å². The van der Waals surface area contributed by atoms with E-state index in [4.69, 9.17) is 14.6 Å². The normalized spacial score (nSPS) is 28.6. The molecule has 4 rings (SSSR count). The molecule has 160 valence electrons. The van der Waals surface area contributed by atoms with E-state index in [0.29, 0.717) is 24.3 Å². The molecule has 4 atom stereocenters. The molecule has 7 heteroatoms. The summed E-state index contributed by atoms with van der Waals surface area (Å²) in [7, 11) is 1.65. The van der Waals surface area contributed by atoms with E-state index < -0.39 is 0 Å². The van der Waals surface area contributed by atoms with Gasteiger partial charge >= 0.3 is 0 Å². The van der Waals surface area contributed by atoms with E-state index in [9.17, 15) is 9.90 Å². The molecule has 0 saturated carbocycles. The lowest BCUT2D eigenvalue weighted by Crippen LogP contribution is -2.65. The molecule has 3 heterocycles. The molecule has 1 amide bonds. The quantitative estimate of drug-likeness (QED) is 0.742. The van der Waals surface area contributed by atoms with Gasteiger partial charge in [0.15, 0.2) is 0 Å². The van der Waals surface area contributed by atoms with Crippen molar-refractivity contribution in [2.45, 2.75) is 44.2 Å². The van der Waals surface area contributed by atoms with Crippen molar-refractivity contribution in [3.63, 3.8) is 0 Å². The fraction of sp³-hybridized carbons (Fsp3) is 0.636. The largest absolute Gasteiger partial charge is 0.497 e. The van der Waals surface area contributed by atoms with Crippen LogP contribution in [0.15, 0.2) is 24.3 Å². The van der Waals surface area contributed by atoms with Crippen molar-refractivity contribution in [1.29, 1.82) is 0 Å². The highest BCUT2D eigenvalue weighted by atomic mass is 16.5. The number of benzene rings is 1. The maximum atomic E-state index is 13.0. The Labute approximate surface area is 172 Å². The number of amides is 1. The zero-order chi connectivity index (χ0) is 20.8. The molecule has 0 radical (unpaired) electrons. The van der Waals surface area contributed by atoms with Crippen molar-refractivity contribution in [2.24, 2.45) is 11.8 Å². The van der Waals surface area contributed by atoms with Gasteiger partial charge < -0.3 is 19.8 Å². The molecule has 0 unspecified atom stereocenters. The summed E-state index contributed by atoms with van der Waals surface area (Å²) in [6.45, 7) is 2.73. The van der Waals surface area contributed by atoms with Crippen molar-refractivity contribution < 1.29 is 24.5 Å². The summed E-state index contributed by atoms with van der Waals surface area (Å²) in [5.41, 5.74) is 1.00. The third kappa shape index (κ3) is 4.90. The van der Waals surface area contributed by atoms with E-state index >= 15 is 0 Å². The predicted octanol–water partition coefficient (Wildman–Crippen LogP) is 1.63. The minimum Gasteiger partial charge on any atom is -0.497 e. The van der Waals surface area contributed by atoms with E-state index in [2.05, 4.69) is 9.80 Å². The number of likely N-dealkylation sites (tertiary alicyclic amines) is 1. The number of aliphatic hydroxyl groups is 1. The van der Waals surface area contributed by atoms with Crippen LogP contribution in [0, 0.1) is 11.8 Å². The molecule has 0 aliphatic carbocycles. The number of ether oxygens (including phenoxy) is 1. The highest BCUT2D eigenvalue weighted by Crippen LogP contribution is 2.41. The van der Waals surface area contributed by atoms with E-state index in [-0.39, 0.29) is 25.0 Å². The van der Waals surface area contributed by atoms with Crippen LogP contribution in [0.25, 0.3) is 0 Å². The second-order valence-electron chi connectivity index (χ2n) is 8.24. The van der Waals surface area contributed by atoms with Crippen molar-refractivity contribution in [2.75, 3.05) is 33.4 Å². The van der Waals surface area contributed by atoms with Gasteiger partial charge in [-0.25, -0.2) is 0 Å². The Hall–Kier alpha value is -2.12. The van der Waals surface area contributed by atoms with E-state index in [1.807, 2.05) is 24.3 Å². The van der Waals surface area contributed by atoms with Crippen LogP contribution >= 0.6 is 0 Å². The summed E-state index contributed by atoms with van der Waals surface area (Å²) in [6, 6.07) is 8.55. The zero-order valence-electron chi connectivity index (χ0n) is 17.1.